The minimum atomic E-state index is 0.0974. The largest absolute Gasteiger partial charge is 0.295 e. The molecule has 0 fully saturated rings. The number of carbonyl (C=O) groups is 1. The van der Waals surface area contributed by atoms with Gasteiger partial charge in [-0.25, -0.2) is 0 Å². The molecule has 0 bridgehead atoms. The van der Waals surface area contributed by atoms with E-state index in [9.17, 15) is 4.79 Å². The van der Waals surface area contributed by atoms with E-state index < -0.39 is 0 Å². The van der Waals surface area contributed by atoms with Crippen molar-refractivity contribution in [3.8, 4) is 0 Å². The van der Waals surface area contributed by atoms with Gasteiger partial charge in [0.15, 0.2) is 5.78 Å². The molecule has 0 unspecified atom stereocenters. The first kappa shape index (κ1) is 9.15. The molecule has 1 nitrogen and oxygen atoms in total. The molecule has 10 heavy (non-hydrogen) atoms. The Balaban J connectivity index is 3.82. The molecule has 0 aliphatic carbocycles. The average Bonchev–Trinajstić information content (AvgIpc) is 1.87. The molecule has 0 amide bonds. The van der Waals surface area contributed by atoms with Crippen LogP contribution in [0.1, 0.15) is 27.2 Å². The zero-order valence-electron chi connectivity index (χ0n) is 6.85. The molecule has 0 saturated heterocycles. The molecule has 0 saturated carbocycles. The molecule has 1 heteroatoms. The maximum Gasteiger partial charge on any atom is 0.152 e. The van der Waals surface area contributed by atoms with Crippen LogP contribution in [0.25, 0.3) is 0 Å². The summed E-state index contributed by atoms with van der Waals surface area (Å²) in [6.07, 6.45) is 6.37. The van der Waals surface area contributed by atoms with E-state index in [1.807, 2.05) is 13.0 Å². The van der Waals surface area contributed by atoms with Crippen LogP contribution in [-0.4, -0.2) is 5.78 Å². The van der Waals surface area contributed by atoms with E-state index in [1.165, 1.54) is 5.57 Å². The summed E-state index contributed by atoms with van der Waals surface area (Å²) < 4.78 is 0. The summed E-state index contributed by atoms with van der Waals surface area (Å²) in [6, 6.07) is 0. The monoisotopic (exact) mass is 138 g/mol. The topological polar surface area (TPSA) is 17.1 Å². The van der Waals surface area contributed by atoms with Gasteiger partial charge in [-0.2, -0.15) is 0 Å². The van der Waals surface area contributed by atoms with Crippen molar-refractivity contribution in [3.05, 3.63) is 23.8 Å². The predicted molar refractivity (Wildman–Crippen MR) is 43.9 cm³/mol. The molecule has 0 aromatic heterocycles. The molecule has 0 rings (SSSR count). The van der Waals surface area contributed by atoms with E-state index in [-0.39, 0.29) is 5.78 Å². The van der Waals surface area contributed by atoms with Crippen LogP contribution in [0.2, 0.25) is 0 Å². The fourth-order valence-electron chi connectivity index (χ4n) is 0.466. The molecule has 0 spiro atoms. The highest BCUT2D eigenvalue weighted by molar-refractivity contribution is 5.87. The Morgan fingerprint density at radius 3 is 2.40 bits per heavy atom. The van der Waals surface area contributed by atoms with Crippen LogP contribution < -0.4 is 0 Å². The Hall–Kier alpha value is -0.850. The van der Waals surface area contributed by atoms with Crippen molar-refractivity contribution in [1.82, 2.24) is 0 Å². The fraction of sp³-hybridized carbons (Fsp3) is 0.444. The minimum absolute atomic E-state index is 0.0974. The lowest BCUT2D eigenvalue weighted by atomic mass is 10.2. The van der Waals surface area contributed by atoms with Gasteiger partial charge in [0, 0.05) is 0 Å². The average molecular weight is 138 g/mol. The third-order valence-corrected chi connectivity index (χ3v) is 1.27. The van der Waals surface area contributed by atoms with Gasteiger partial charge in [-0.15, -0.1) is 0 Å². The highest BCUT2D eigenvalue weighted by Gasteiger charge is 1.80. The summed E-state index contributed by atoms with van der Waals surface area (Å²) in [7, 11) is 0. The summed E-state index contributed by atoms with van der Waals surface area (Å²) in [5, 5.41) is 0. The van der Waals surface area contributed by atoms with E-state index in [2.05, 4.69) is 6.92 Å². The number of allylic oxidation sites excluding steroid dienone is 4. The molecule has 0 aromatic rings. The molecule has 0 atom stereocenters. The van der Waals surface area contributed by atoms with Crippen molar-refractivity contribution in [1.29, 1.82) is 0 Å². The summed E-state index contributed by atoms with van der Waals surface area (Å²) in [4.78, 5) is 10.4. The van der Waals surface area contributed by atoms with Crippen LogP contribution >= 0.6 is 0 Å². The molecule has 0 aromatic carbocycles. The lowest BCUT2D eigenvalue weighted by molar-refractivity contribution is -0.112. The van der Waals surface area contributed by atoms with Gasteiger partial charge in [-0.3, -0.25) is 4.79 Å². The van der Waals surface area contributed by atoms with Crippen LogP contribution in [0.4, 0.5) is 0 Å². The number of ketones is 1. The Labute approximate surface area is 62.4 Å². The molecular formula is C9H14O. The minimum Gasteiger partial charge on any atom is -0.295 e. The number of hydrogen-bond donors (Lipinski definition) is 0. The normalized spacial score (nSPS) is 12.5. The third-order valence-electron chi connectivity index (χ3n) is 1.27. The predicted octanol–water partition coefficient (Wildman–Crippen LogP) is 2.49. The number of rotatable bonds is 3. The van der Waals surface area contributed by atoms with Gasteiger partial charge in [0.1, 0.15) is 0 Å². The molecule has 56 valence electrons. The Bertz CT molecular complexity index is 164. The smallest absolute Gasteiger partial charge is 0.152 e. The molecule has 0 radical (unpaired) electrons. The fourth-order valence-corrected chi connectivity index (χ4v) is 0.466. The van der Waals surface area contributed by atoms with Crippen LogP contribution in [0.5, 0.6) is 0 Å². The first-order valence-corrected chi connectivity index (χ1v) is 3.51. The van der Waals surface area contributed by atoms with Crippen LogP contribution in [0.3, 0.4) is 0 Å². The standard InChI is InChI=1S/C9H14O/c1-4-8(2)6-5-7-9(3)10/h5-7H,4H2,1-3H3/b7-5+,8-6-. The summed E-state index contributed by atoms with van der Waals surface area (Å²) in [5.41, 5.74) is 1.29. The lowest BCUT2D eigenvalue weighted by Gasteiger charge is -1.87. The zero-order valence-corrected chi connectivity index (χ0v) is 6.85. The zero-order chi connectivity index (χ0) is 7.98. The van der Waals surface area contributed by atoms with E-state index in [0.29, 0.717) is 0 Å². The van der Waals surface area contributed by atoms with E-state index in [1.54, 1.807) is 19.1 Å². The van der Waals surface area contributed by atoms with Crippen LogP contribution in [0, 0.1) is 0 Å². The highest BCUT2D eigenvalue weighted by atomic mass is 16.1. The Morgan fingerprint density at radius 1 is 1.40 bits per heavy atom. The van der Waals surface area contributed by atoms with Crippen molar-refractivity contribution in [2.24, 2.45) is 0 Å². The van der Waals surface area contributed by atoms with Crippen LogP contribution in [-0.2, 0) is 4.79 Å². The second-order valence-electron chi connectivity index (χ2n) is 2.34. The SMILES string of the molecule is CC/C(C)=C\C=C\C(C)=O. The highest BCUT2D eigenvalue weighted by Crippen LogP contribution is 1.97. The Morgan fingerprint density at radius 2 is 2.00 bits per heavy atom. The van der Waals surface area contributed by atoms with Crippen molar-refractivity contribution in [3.63, 3.8) is 0 Å². The summed E-state index contributed by atoms with van der Waals surface area (Å²) in [5.74, 6) is 0.0974. The lowest BCUT2D eigenvalue weighted by Crippen LogP contribution is -1.78. The van der Waals surface area contributed by atoms with Crippen molar-refractivity contribution < 1.29 is 4.79 Å². The van der Waals surface area contributed by atoms with Crippen molar-refractivity contribution in [2.45, 2.75) is 27.2 Å². The first-order chi connectivity index (χ1) is 4.66. The summed E-state index contributed by atoms with van der Waals surface area (Å²) in [6.45, 7) is 5.68. The first-order valence-electron chi connectivity index (χ1n) is 3.51. The molecule has 0 N–H and O–H groups in total. The summed E-state index contributed by atoms with van der Waals surface area (Å²) >= 11 is 0. The van der Waals surface area contributed by atoms with Crippen LogP contribution in [0.15, 0.2) is 23.8 Å². The molecule has 0 heterocycles. The molecule has 0 aliphatic rings. The van der Waals surface area contributed by atoms with E-state index >= 15 is 0 Å². The van der Waals surface area contributed by atoms with Gasteiger partial charge < -0.3 is 0 Å². The maximum absolute atomic E-state index is 10.4. The second-order valence-corrected chi connectivity index (χ2v) is 2.34. The van der Waals surface area contributed by atoms with Gasteiger partial charge >= 0.3 is 0 Å². The van der Waals surface area contributed by atoms with Gasteiger partial charge in [0.05, 0.1) is 0 Å². The van der Waals surface area contributed by atoms with Crippen molar-refractivity contribution in [2.75, 3.05) is 0 Å². The van der Waals surface area contributed by atoms with E-state index in [0.717, 1.165) is 6.42 Å². The quantitative estimate of drug-likeness (QED) is 0.432. The third kappa shape index (κ3) is 5.29. The van der Waals surface area contributed by atoms with Gasteiger partial charge in [-0.05, 0) is 26.3 Å². The molecular weight excluding hydrogens is 124 g/mol. The molecule has 0 aliphatic heterocycles. The second kappa shape index (κ2) is 4.98. The van der Waals surface area contributed by atoms with Crippen molar-refractivity contribution >= 4 is 5.78 Å². The number of carbonyl (C=O) groups excluding carboxylic acids is 1. The van der Waals surface area contributed by atoms with Gasteiger partial charge in [0.25, 0.3) is 0 Å². The van der Waals surface area contributed by atoms with Gasteiger partial charge in [0.2, 0.25) is 0 Å². The number of hydrogen-bond acceptors (Lipinski definition) is 1. The van der Waals surface area contributed by atoms with Gasteiger partial charge in [-0.1, -0.05) is 24.6 Å². The van der Waals surface area contributed by atoms with E-state index in [4.69, 9.17) is 0 Å². The Kier molecular flexibility index (Phi) is 4.55. The maximum atomic E-state index is 10.4.